The maximum Gasteiger partial charge on any atom is 0.0222 e. The van der Waals surface area contributed by atoms with Gasteiger partial charge in [-0.05, 0) is 31.2 Å². The second-order valence-electron chi connectivity index (χ2n) is 3.47. The van der Waals surface area contributed by atoms with Crippen LogP contribution in [-0.4, -0.2) is 10.8 Å². The summed E-state index contributed by atoms with van der Waals surface area (Å²) in [5, 5.41) is 0. The molecule has 0 radical (unpaired) electrons. The van der Waals surface area contributed by atoms with E-state index in [0.717, 1.165) is 5.75 Å². The molecule has 0 amide bonds. The van der Waals surface area contributed by atoms with Gasteiger partial charge >= 0.3 is 0 Å². The van der Waals surface area contributed by atoms with E-state index < -0.39 is 0 Å². The van der Waals surface area contributed by atoms with Crippen LogP contribution in [0.15, 0.2) is 12.3 Å². The molecular weight excluding hydrogens is 178 g/mol. The van der Waals surface area contributed by atoms with Crippen LogP contribution in [0.3, 0.4) is 0 Å². The molecule has 1 aromatic rings. The summed E-state index contributed by atoms with van der Waals surface area (Å²) < 4.78 is 2.37. The third kappa shape index (κ3) is 3.11. The smallest absolute Gasteiger partial charge is 0.0222 e. The minimum Gasteiger partial charge on any atom is -0.351 e. The van der Waals surface area contributed by atoms with Crippen LogP contribution in [0.1, 0.15) is 31.0 Å². The molecule has 0 saturated heterocycles. The molecular formula is C11H19NS. The van der Waals surface area contributed by atoms with E-state index >= 15 is 0 Å². The maximum absolute atomic E-state index is 2.37. The summed E-state index contributed by atoms with van der Waals surface area (Å²) in [6.45, 7) is 5.61. The first-order chi connectivity index (χ1) is 6.27. The molecule has 0 unspecified atom stereocenters. The van der Waals surface area contributed by atoms with Crippen LogP contribution < -0.4 is 0 Å². The van der Waals surface area contributed by atoms with E-state index in [-0.39, 0.29) is 0 Å². The number of rotatable bonds is 5. The van der Waals surface area contributed by atoms with Gasteiger partial charge in [0.25, 0.3) is 0 Å². The Balaban J connectivity index is 2.60. The van der Waals surface area contributed by atoms with Gasteiger partial charge in [0.15, 0.2) is 0 Å². The van der Waals surface area contributed by atoms with E-state index in [2.05, 4.69) is 36.9 Å². The SMILES string of the molecule is CCCCn1cc(CSC)cc1C. The second kappa shape index (κ2) is 5.38. The highest BCUT2D eigenvalue weighted by Crippen LogP contribution is 2.13. The van der Waals surface area contributed by atoms with Crippen molar-refractivity contribution in [3.8, 4) is 0 Å². The van der Waals surface area contributed by atoms with Crippen LogP contribution in [0.5, 0.6) is 0 Å². The second-order valence-corrected chi connectivity index (χ2v) is 4.34. The summed E-state index contributed by atoms with van der Waals surface area (Å²) in [5.41, 5.74) is 2.86. The van der Waals surface area contributed by atoms with Crippen molar-refractivity contribution < 1.29 is 0 Å². The largest absolute Gasteiger partial charge is 0.351 e. The molecule has 0 aliphatic rings. The van der Waals surface area contributed by atoms with Gasteiger partial charge in [-0.3, -0.25) is 0 Å². The van der Waals surface area contributed by atoms with E-state index in [1.807, 2.05) is 11.8 Å². The van der Waals surface area contributed by atoms with Crippen molar-refractivity contribution in [3.05, 3.63) is 23.5 Å². The lowest BCUT2D eigenvalue weighted by atomic mass is 10.3. The number of aryl methyl sites for hydroxylation is 2. The van der Waals surface area contributed by atoms with Gasteiger partial charge in [-0.1, -0.05) is 13.3 Å². The molecule has 13 heavy (non-hydrogen) atoms. The zero-order valence-electron chi connectivity index (χ0n) is 8.84. The van der Waals surface area contributed by atoms with E-state index in [1.54, 1.807) is 0 Å². The first-order valence-electron chi connectivity index (χ1n) is 4.92. The number of thioether (sulfide) groups is 1. The summed E-state index contributed by atoms with van der Waals surface area (Å²) >= 11 is 1.89. The molecule has 0 aliphatic carbocycles. The Bertz CT molecular complexity index is 253. The molecule has 0 aliphatic heterocycles. The Kier molecular flexibility index (Phi) is 4.43. The van der Waals surface area contributed by atoms with Crippen molar-refractivity contribution in [2.45, 2.75) is 39.0 Å². The quantitative estimate of drug-likeness (QED) is 0.700. The van der Waals surface area contributed by atoms with Gasteiger partial charge < -0.3 is 4.57 Å². The van der Waals surface area contributed by atoms with Crippen molar-refractivity contribution >= 4 is 11.8 Å². The summed E-state index contributed by atoms with van der Waals surface area (Å²) in [7, 11) is 0. The fraction of sp³-hybridized carbons (Fsp3) is 0.636. The number of hydrogen-bond acceptors (Lipinski definition) is 1. The standard InChI is InChI=1S/C11H19NS/c1-4-5-6-12-8-11(9-13-3)7-10(12)2/h7-8H,4-6,9H2,1-3H3. The first kappa shape index (κ1) is 10.7. The maximum atomic E-state index is 2.37. The molecule has 74 valence electrons. The zero-order valence-corrected chi connectivity index (χ0v) is 9.66. The van der Waals surface area contributed by atoms with Crippen LogP contribution in [0.4, 0.5) is 0 Å². The van der Waals surface area contributed by atoms with E-state index in [0.29, 0.717) is 0 Å². The minimum atomic E-state index is 1.14. The predicted molar refractivity (Wildman–Crippen MR) is 61.3 cm³/mol. The Morgan fingerprint density at radius 2 is 2.23 bits per heavy atom. The molecule has 1 nitrogen and oxygen atoms in total. The van der Waals surface area contributed by atoms with Gasteiger partial charge in [0.2, 0.25) is 0 Å². The van der Waals surface area contributed by atoms with E-state index in [9.17, 15) is 0 Å². The Labute approximate surface area is 85.5 Å². The Morgan fingerprint density at radius 1 is 1.46 bits per heavy atom. The predicted octanol–water partition coefficient (Wildman–Crippen LogP) is 3.46. The molecule has 1 aromatic heterocycles. The van der Waals surface area contributed by atoms with Gasteiger partial charge in [0.1, 0.15) is 0 Å². The Morgan fingerprint density at radius 3 is 2.85 bits per heavy atom. The molecule has 0 N–H and O–H groups in total. The molecule has 0 spiro atoms. The number of unbranched alkanes of at least 4 members (excludes halogenated alkanes) is 1. The molecule has 0 atom stereocenters. The van der Waals surface area contributed by atoms with E-state index in [4.69, 9.17) is 0 Å². The number of aromatic nitrogens is 1. The molecule has 1 rings (SSSR count). The van der Waals surface area contributed by atoms with Crippen molar-refractivity contribution in [3.63, 3.8) is 0 Å². The van der Waals surface area contributed by atoms with Crippen molar-refractivity contribution in [1.29, 1.82) is 0 Å². The number of nitrogens with zero attached hydrogens (tertiary/aromatic N) is 1. The highest BCUT2D eigenvalue weighted by Gasteiger charge is 2.00. The topological polar surface area (TPSA) is 4.93 Å². The normalized spacial score (nSPS) is 10.7. The molecule has 0 fully saturated rings. The average molecular weight is 197 g/mol. The summed E-state index contributed by atoms with van der Waals surface area (Å²) in [5.74, 6) is 1.14. The monoisotopic (exact) mass is 197 g/mol. The molecule has 0 aromatic carbocycles. The van der Waals surface area contributed by atoms with Crippen LogP contribution in [0.25, 0.3) is 0 Å². The lowest BCUT2D eigenvalue weighted by molar-refractivity contribution is 0.621. The lowest BCUT2D eigenvalue weighted by Crippen LogP contribution is -1.97. The van der Waals surface area contributed by atoms with Gasteiger partial charge in [0, 0.05) is 24.2 Å². The fourth-order valence-electron chi connectivity index (χ4n) is 1.51. The summed E-state index contributed by atoms with van der Waals surface area (Å²) in [4.78, 5) is 0. The van der Waals surface area contributed by atoms with Gasteiger partial charge in [0.05, 0.1) is 0 Å². The molecule has 0 saturated carbocycles. The van der Waals surface area contributed by atoms with Crippen molar-refractivity contribution in [2.24, 2.45) is 0 Å². The number of hydrogen-bond donors (Lipinski definition) is 0. The van der Waals surface area contributed by atoms with Gasteiger partial charge in [-0.15, -0.1) is 0 Å². The molecule has 2 heteroatoms. The van der Waals surface area contributed by atoms with Gasteiger partial charge in [-0.25, -0.2) is 0 Å². The highest BCUT2D eigenvalue weighted by molar-refractivity contribution is 7.97. The van der Waals surface area contributed by atoms with Crippen LogP contribution in [-0.2, 0) is 12.3 Å². The molecule has 1 heterocycles. The Hall–Kier alpha value is -0.370. The van der Waals surface area contributed by atoms with Gasteiger partial charge in [-0.2, -0.15) is 11.8 Å². The van der Waals surface area contributed by atoms with Crippen LogP contribution >= 0.6 is 11.8 Å². The van der Waals surface area contributed by atoms with Crippen LogP contribution in [0.2, 0.25) is 0 Å². The third-order valence-electron chi connectivity index (χ3n) is 2.23. The average Bonchev–Trinajstić information content (AvgIpc) is 2.44. The summed E-state index contributed by atoms with van der Waals surface area (Å²) in [6.07, 6.45) is 7.00. The lowest BCUT2D eigenvalue weighted by Gasteiger charge is -2.03. The third-order valence-corrected chi connectivity index (χ3v) is 2.85. The summed E-state index contributed by atoms with van der Waals surface area (Å²) in [6, 6.07) is 2.30. The van der Waals surface area contributed by atoms with E-state index in [1.165, 1.54) is 30.6 Å². The fourth-order valence-corrected chi connectivity index (χ4v) is 2.00. The molecule has 0 bridgehead atoms. The highest BCUT2D eigenvalue weighted by atomic mass is 32.2. The van der Waals surface area contributed by atoms with Crippen molar-refractivity contribution in [2.75, 3.05) is 6.26 Å². The van der Waals surface area contributed by atoms with Crippen LogP contribution in [0, 0.1) is 6.92 Å². The zero-order chi connectivity index (χ0) is 9.68. The minimum absolute atomic E-state index is 1.14. The first-order valence-corrected chi connectivity index (χ1v) is 6.32. The van der Waals surface area contributed by atoms with Crippen molar-refractivity contribution in [1.82, 2.24) is 4.57 Å².